The number of ether oxygens (including phenoxy) is 1. The summed E-state index contributed by atoms with van der Waals surface area (Å²) in [6.45, 7) is 6.29. The molecule has 0 saturated carbocycles. The normalized spacial score (nSPS) is 11.4. The lowest BCUT2D eigenvalue weighted by Crippen LogP contribution is -2.24. The highest BCUT2D eigenvalue weighted by molar-refractivity contribution is 5.73. The molecule has 0 saturated heterocycles. The first kappa shape index (κ1) is 18.5. The van der Waals surface area contributed by atoms with Crippen LogP contribution in [0, 0.1) is 5.41 Å². The predicted octanol–water partition coefficient (Wildman–Crippen LogP) is 5.08. The summed E-state index contributed by atoms with van der Waals surface area (Å²) >= 11 is 0. The van der Waals surface area contributed by atoms with Crippen molar-refractivity contribution < 1.29 is 14.6 Å². The largest absolute Gasteiger partial charge is 0.494 e. The Hall–Kier alpha value is -1.51. The zero-order valence-corrected chi connectivity index (χ0v) is 14.2. The molecule has 0 spiro atoms. The number of carboxylic acid groups (broad SMARTS) is 1. The van der Waals surface area contributed by atoms with E-state index in [1.54, 1.807) is 13.8 Å². The smallest absolute Gasteiger partial charge is 0.309 e. The Morgan fingerprint density at radius 2 is 1.77 bits per heavy atom. The van der Waals surface area contributed by atoms with Crippen molar-refractivity contribution in [3.63, 3.8) is 0 Å². The van der Waals surface area contributed by atoms with Crippen LogP contribution >= 0.6 is 0 Å². The van der Waals surface area contributed by atoms with Crippen LogP contribution in [-0.4, -0.2) is 17.7 Å². The maximum absolute atomic E-state index is 11.0. The third kappa shape index (κ3) is 6.97. The van der Waals surface area contributed by atoms with Crippen LogP contribution in [0.3, 0.4) is 0 Å². The molecule has 0 aliphatic rings. The minimum absolute atomic E-state index is 0.562. The summed E-state index contributed by atoms with van der Waals surface area (Å²) in [5.41, 5.74) is 0.682. The molecule has 0 unspecified atom stereocenters. The Morgan fingerprint density at radius 3 is 2.36 bits per heavy atom. The van der Waals surface area contributed by atoms with Crippen LogP contribution in [0.4, 0.5) is 0 Å². The van der Waals surface area contributed by atoms with Crippen LogP contribution in [-0.2, 0) is 11.2 Å². The zero-order valence-electron chi connectivity index (χ0n) is 14.2. The molecule has 1 aromatic rings. The maximum atomic E-state index is 11.0. The quantitative estimate of drug-likeness (QED) is 0.580. The average Bonchev–Trinajstić information content (AvgIpc) is 2.49. The number of rotatable bonds is 11. The monoisotopic (exact) mass is 306 g/mol. The SMILES string of the molecule is CCCCCCc1ccc(OCCCC(C)(C)C(=O)O)cc1. The van der Waals surface area contributed by atoms with E-state index in [1.165, 1.54) is 31.2 Å². The Kier molecular flexibility index (Phi) is 8.00. The minimum Gasteiger partial charge on any atom is -0.494 e. The molecule has 3 nitrogen and oxygen atoms in total. The summed E-state index contributed by atoms with van der Waals surface area (Å²) in [5.74, 6) is 0.116. The molecule has 124 valence electrons. The molecule has 1 aromatic carbocycles. The van der Waals surface area contributed by atoms with E-state index in [0.29, 0.717) is 13.0 Å². The molecule has 0 amide bonds. The average molecular weight is 306 g/mol. The van der Waals surface area contributed by atoms with Gasteiger partial charge >= 0.3 is 5.97 Å². The minimum atomic E-state index is -0.750. The van der Waals surface area contributed by atoms with Crippen LogP contribution < -0.4 is 4.74 Å². The number of aryl methyl sites for hydroxylation is 1. The number of benzene rings is 1. The Labute approximate surface area is 134 Å². The van der Waals surface area contributed by atoms with Gasteiger partial charge in [0.2, 0.25) is 0 Å². The molecule has 0 aliphatic heterocycles. The molecule has 1 N–H and O–H groups in total. The van der Waals surface area contributed by atoms with Crippen LogP contribution in [0.5, 0.6) is 5.75 Å². The van der Waals surface area contributed by atoms with Gasteiger partial charge in [0.1, 0.15) is 5.75 Å². The van der Waals surface area contributed by atoms with Crippen molar-refractivity contribution in [1.82, 2.24) is 0 Å². The second-order valence-electron chi connectivity index (χ2n) is 6.60. The van der Waals surface area contributed by atoms with E-state index in [4.69, 9.17) is 9.84 Å². The first-order valence-electron chi connectivity index (χ1n) is 8.41. The van der Waals surface area contributed by atoms with Crippen LogP contribution in [0.25, 0.3) is 0 Å². The van der Waals surface area contributed by atoms with Crippen molar-refractivity contribution in [3.05, 3.63) is 29.8 Å². The lowest BCUT2D eigenvalue weighted by atomic mass is 9.88. The van der Waals surface area contributed by atoms with E-state index >= 15 is 0 Å². The zero-order chi connectivity index (χ0) is 16.4. The summed E-state index contributed by atoms with van der Waals surface area (Å²) in [4.78, 5) is 11.0. The maximum Gasteiger partial charge on any atom is 0.309 e. The van der Waals surface area contributed by atoms with Gasteiger partial charge in [0.05, 0.1) is 12.0 Å². The Morgan fingerprint density at radius 1 is 1.09 bits per heavy atom. The molecule has 0 atom stereocenters. The van der Waals surface area contributed by atoms with Gasteiger partial charge in [-0.15, -0.1) is 0 Å². The van der Waals surface area contributed by atoms with Gasteiger partial charge in [-0.1, -0.05) is 38.3 Å². The van der Waals surface area contributed by atoms with E-state index in [0.717, 1.165) is 18.6 Å². The molecule has 3 heteroatoms. The first-order valence-corrected chi connectivity index (χ1v) is 8.41. The number of hydrogen-bond acceptors (Lipinski definition) is 2. The van der Waals surface area contributed by atoms with Crippen LogP contribution in [0.15, 0.2) is 24.3 Å². The molecule has 1 rings (SSSR count). The third-order valence-corrected chi connectivity index (χ3v) is 4.04. The van der Waals surface area contributed by atoms with E-state index in [-0.39, 0.29) is 0 Å². The topological polar surface area (TPSA) is 46.5 Å². The summed E-state index contributed by atoms with van der Waals surface area (Å²) in [6, 6.07) is 8.28. The summed E-state index contributed by atoms with van der Waals surface area (Å²) < 4.78 is 5.69. The van der Waals surface area contributed by atoms with Gasteiger partial charge in [0, 0.05) is 0 Å². The van der Waals surface area contributed by atoms with Crippen LogP contribution in [0.2, 0.25) is 0 Å². The number of carboxylic acids is 1. The number of aliphatic carboxylic acids is 1. The highest BCUT2D eigenvalue weighted by Crippen LogP contribution is 2.22. The standard InChI is InChI=1S/C19H30O3/c1-4-5-6-7-9-16-10-12-17(13-11-16)22-15-8-14-19(2,3)18(20)21/h10-13H,4-9,14-15H2,1-3H3,(H,20,21). The van der Waals surface area contributed by atoms with Crippen molar-refractivity contribution >= 4 is 5.97 Å². The van der Waals surface area contributed by atoms with Gasteiger partial charge in [0.25, 0.3) is 0 Å². The van der Waals surface area contributed by atoms with Gasteiger partial charge in [-0.2, -0.15) is 0 Å². The van der Waals surface area contributed by atoms with Crippen molar-refractivity contribution in [2.24, 2.45) is 5.41 Å². The van der Waals surface area contributed by atoms with E-state index < -0.39 is 11.4 Å². The molecule has 0 aliphatic carbocycles. The van der Waals surface area contributed by atoms with Crippen molar-refractivity contribution in [2.75, 3.05) is 6.61 Å². The molecule has 0 heterocycles. The van der Waals surface area contributed by atoms with Gasteiger partial charge in [-0.25, -0.2) is 0 Å². The molecule has 22 heavy (non-hydrogen) atoms. The molecule has 0 aromatic heterocycles. The van der Waals surface area contributed by atoms with Gasteiger partial charge < -0.3 is 9.84 Å². The lowest BCUT2D eigenvalue weighted by Gasteiger charge is -2.18. The van der Waals surface area contributed by atoms with Crippen molar-refractivity contribution in [2.45, 2.75) is 65.7 Å². The van der Waals surface area contributed by atoms with E-state index in [1.807, 2.05) is 12.1 Å². The summed E-state index contributed by atoms with van der Waals surface area (Å²) in [7, 11) is 0. The number of carbonyl (C=O) groups is 1. The van der Waals surface area contributed by atoms with Crippen molar-refractivity contribution in [3.8, 4) is 5.75 Å². The molecule has 0 fully saturated rings. The second-order valence-corrected chi connectivity index (χ2v) is 6.60. The number of hydrogen-bond donors (Lipinski definition) is 1. The highest BCUT2D eigenvalue weighted by Gasteiger charge is 2.26. The Balaban J connectivity index is 2.25. The third-order valence-electron chi connectivity index (χ3n) is 4.04. The highest BCUT2D eigenvalue weighted by atomic mass is 16.5. The molecule has 0 bridgehead atoms. The van der Waals surface area contributed by atoms with Gasteiger partial charge in [0.15, 0.2) is 0 Å². The number of unbranched alkanes of at least 4 members (excludes halogenated alkanes) is 3. The summed E-state index contributed by atoms with van der Waals surface area (Å²) in [6.07, 6.45) is 7.63. The fourth-order valence-electron chi connectivity index (χ4n) is 2.32. The first-order chi connectivity index (χ1) is 10.5. The second kappa shape index (κ2) is 9.50. The fourth-order valence-corrected chi connectivity index (χ4v) is 2.32. The Bertz CT molecular complexity index is 434. The summed E-state index contributed by atoms with van der Waals surface area (Å²) in [5, 5.41) is 9.05. The van der Waals surface area contributed by atoms with E-state index in [2.05, 4.69) is 19.1 Å². The molecule has 0 radical (unpaired) electrons. The van der Waals surface area contributed by atoms with Crippen LogP contribution in [0.1, 0.15) is 64.9 Å². The van der Waals surface area contributed by atoms with Gasteiger partial charge in [-0.05, 0) is 57.2 Å². The van der Waals surface area contributed by atoms with Gasteiger partial charge in [-0.3, -0.25) is 4.79 Å². The predicted molar refractivity (Wildman–Crippen MR) is 90.4 cm³/mol. The van der Waals surface area contributed by atoms with Crippen molar-refractivity contribution in [1.29, 1.82) is 0 Å². The lowest BCUT2D eigenvalue weighted by molar-refractivity contribution is -0.147. The molecular formula is C19H30O3. The molecular weight excluding hydrogens is 276 g/mol. The fraction of sp³-hybridized carbons (Fsp3) is 0.632. The van der Waals surface area contributed by atoms with E-state index in [9.17, 15) is 4.79 Å².